The first kappa shape index (κ1) is 9.52. The normalized spacial score (nSPS) is 19.3. The third-order valence-electron chi connectivity index (χ3n) is 2.23. The van der Waals surface area contributed by atoms with Gasteiger partial charge in [0.2, 0.25) is 0 Å². The molecule has 1 aliphatic heterocycles. The fourth-order valence-electron chi connectivity index (χ4n) is 1.42. The minimum absolute atomic E-state index is 0.0886. The average molecular weight is 256 g/mol. The summed E-state index contributed by atoms with van der Waals surface area (Å²) < 4.78 is 5.68. The first-order valence-corrected chi connectivity index (χ1v) is 5.11. The highest BCUT2D eigenvalue weighted by Crippen LogP contribution is 2.30. The molecule has 0 spiro atoms. The summed E-state index contributed by atoms with van der Waals surface area (Å²) in [5.41, 5.74) is 1.05. The van der Waals surface area contributed by atoms with E-state index in [1.807, 2.05) is 29.2 Å². The molecule has 0 saturated carbocycles. The Bertz CT molecular complexity index is 367. The average Bonchev–Trinajstić information content (AvgIpc) is 2.96. The Balaban J connectivity index is 2.09. The number of benzene rings is 1. The summed E-state index contributed by atoms with van der Waals surface area (Å²) in [6.45, 7) is 0.753. The molecule has 1 aromatic carbocycles. The molecule has 3 nitrogen and oxygen atoms in total. The monoisotopic (exact) mass is 255 g/mol. The maximum absolute atomic E-state index is 11.2. The van der Waals surface area contributed by atoms with Crippen LogP contribution >= 0.6 is 15.9 Å². The van der Waals surface area contributed by atoms with E-state index in [1.165, 1.54) is 7.11 Å². The zero-order valence-corrected chi connectivity index (χ0v) is 9.32. The fraction of sp³-hybridized carbons (Fsp3) is 0.300. The molecule has 0 radical (unpaired) electrons. The molecule has 1 fully saturated rings. The third kappa shape index (κ3) is 1.75. The maximum atomic E-state index is 11.2. The summed E-state index contributed by atoms with van der Waals surface area (Å²) in [5.74, 6) is -0.162. The lowest BCUT2D eigenvalue weighted by molar-refractivity contribution is -0.139. The smallest absolute Gasteiger partial charge is 0.330 e. The SMILES string of the molecule is COC(=O)C1CN1c1cccc(Br)c1. The molecule has 1 saturated heterocycles. The van der Waals surface area contributed by atoms with Gasteiger partial charge in [-0.1, -0.05) is 22.0 Å². The van der Waals surface area contributed by atoms with Gasteiger partial charge in [-0.15, -0.1) is 0 Å². The minimum Gasteiger partial charge on any atom is -0.467 e. The predicted molar refractivity (Wildman–Crippen MR) is 57.3 cm³/mol. The molecular formula is C10H10BrNO2. The van der Waals surface area contributed by atoms with Gasteiger partial charge in [0.15, 0.2) is 0 Å². The fourth-order valence-corrected chi connectivity index (χ4v) is 1.80. The van der Waals surface area contributed by atoms with Crippen LogP contribution in [0.3, 0.4) is 0 Å². The van der Waals surface area contributed by atoms with E-state index in [0.717, 1.165) is 16.7 Å². The topological polar surface area (TPSA) is 29.3 Å². The second-order valence-electron chi connectivity index (χ2n) is 3.17. The van der Waals surface area contributed by atoms with Crippen molar-refractivity contribution in [2.45, 2.75) is 6.04 Å². The number of hydrogen-bond donors (Lipinski definition) is 0. The molecule has 0 N–H and O–H groups in total. The van der Waals surface area contributed by atoms with Crippen LogP contribution in [0, 0.1) is 0 Å². The van der Waals surface area contributed by atoms with Gasteiger partial charge in [-0.3, -0.25) is 0 Å². The molecule has 2 rings (SSSR count). The van der Waals surface area contributed by atoms with Gasteiger partial charge in [0.1, 0.15) is 6.04 Å². The molecule has 74 valence electrons. The van der Waals surface area contributed by atoms with Crippen LogP contribution in [-0.2, 0) is 9.53 Å². The van der Waals surface area contributed by atoms with Gasteiger partial charge in [0.05, 0.1) is 13.7 Å². The highest BCUT2D eigenvalue weighted by atomic mass is 79.9. The lowest BCUT2D eigenvalue weighted by Crippen LogP contribution is -2.13. The molecule has 14 heavy (non-hydrogen) atoms. The Morgan fingerprint density at radius 2 is 2.43 bits per heavy atom. The maximum Gasteiger partial charge on any atom is 0.330 e. The lowest BCUT2D eigenvalue weighted by atomic mass is 10.3. The summed E-state index contributed by atoms with van der Waals surface area (Å²) in [6, 6.07) is 7.79. The first-order valence-electron chi connectivity index (χ1n) is 4.32. The Morgan fingerprint density at radius 1 is 1.64 bits per heavy atom. The summed E-state index contributed by atoms with van der Waals surface area (Å²) in [6.07, 6.45) is 0. The standard InChI is InChI=1S/C10H10BrNO2/c1-14-10(13)9-6-12(9)8-4-2-3-7(11)5-8/h2-5,9H,6H2,1H3. The quantitative estimate of drug-likeness (QED) is 0.597. The number of nitrogens with zero attached hydrogens (tertiary/aromatic N) is 1. The Morgan fingerprint density at radius 3 is 3.07 bits per heavy atom. The summed E-state index contributed by atoms with van der Waals surface area (Å²) in [7, 11) is 1.42. The van der Waals surface area contributed by atoms with E-state index in [9.17, 15) is 4.79 Å². The summed E-state index contributed by atoms with van der Waals surface area (Å²) in [5, 5.41) is 0. The number of carbonyl (C=O) groups excluding carboxylic acids is 1. The van der Waals surface area contributed by atoms with Crippen molar-refractivity contribution in [2.75, 3.05) is 18.6 Å². The summed E-state index contributed by atoms with van der Waals surface area (Å²) in [4.78, 5) is 13.2. The number of hydrogen-bond acceptors (Lipinski definition) is 3. The van der Waals surface area contributed by atoms with Gasteiger partial charge < -0.3 is 9.64 Å². The van der Waals surface area contributed by atoms with Crippen LogP contribution in [0.2, 0.25) is 0 Å². The van der Waals surface area contributed by atoms with E-state index in [2.05, 4.69) is 20.7 Å². The highest BCUT2D eigenvalue weighted by molar-refractivity contribution is 9.10. The Kier molecular flexibility index (Phi) is 2.46. The molecule has 0 aliphatic carbocycles. The Hall–Kier alpha value is -1.03. The van der Waals surface area contributed by atoms with Crippen LogP contribution in [0.15, 0.2) is 28.7 Å². The minimum atomic E-state index is -0.162. The van der Waals surface area contributed by atoms with Crippen molar-refractivity contribution >= 4 is 27.6 Å². The van der Waals surface area contributed by atoms with Gasteiger partial charge in [-0.2, -0.15) is 0 Å². The van der Waals surface area contributed by atoms with Crippen LogP contribution < -0.4 is 4.90 Å². The van der Waals surface area contributed by atoms with Crippen molar-refractivity contribution in [1.82, 2.24) is 0 Å². The van der Waals surface area contributed by atoms with Gasteiger partial charge in [-0.25, -0.2) is 4.79 Å². The molecule has 1 aliphatic rings. The lowest BCUT2D eigenvalue weighted by Gasteiger charge is -2.04. The van der Waals surface area contributed by atoms with E-state index >= 15 is 0 Å². The van der Waals surface area contributed by atoms with Gasteiger partial charge in [-0.05, 0) is 18.2 Å². The van der Waals surface area contributed by atoms with Crippen molar-refractivity contribution in [3.63, 3.8) is 0 Å². The van der Waals surface area contributed by atoms with Crippen LogP contribution in [0.5, 0.6) is 0 Å². The molecule has 1 atom stereocenters. The molecule has 1 aromatic rings. The zero-order chi connectivity index (χ0) is 10.1. The number of ether oxygens (including phenoxy) is 1. The molecule has 0 bridgehead atoms. The van der Waals surface area contributed by atoms with Crippen molar-refractivity contribution in [1.29, 1.82) is 0 Å². The number of esters is 1. The Labute approximate surface area is 90.8 Å². The molecule has 1 heterocycles. The van der Waals surface area contributed by atoms with Crippen molar-refractivity contribution < 1.29 is 9.53 Å². The van der Waals surface area contributed by atoms with Crippen molar-refractivity contribution in [3.8, 4) is 0 Å². The van der Waals surface area contributed by atoms with Crippen LogP contribution in [-0.4, -0.2) is 25.7 Å². The van der Waals surface area contributed by atoms with Gasteiger partial charge in [0.25, 0.3) is 0 Å². The van der Waals surface area contributed by atoms with Crippen LogP contribution in [0.4, 0.5) is 5.69 Å². The summed E-state index contributed by atoms with van der Waals surface area (Å²) >= 11 is 3.39. The van der Waals surface area contributed by atoms with Crippen LogP contribution in [0.25, 0.3) is 0 Å². The molecular weight excluding hydrogens is 246 g/mol. The van der Waals surface area contributed by atoms with E-state index < -0.39 is 0 Å². The highest BCUT2D eigenvalue weighted by Gasteiger charge is 2.41. The van der Waals surface area contributed by atoms with Gasteiger partial charge >= 0.3 is 5.97 Å². The predicted octanol–water partition coefficient (Wildman–Crippen LogP) is 1.81. The molecule has 4 heteroatoms. The number of halogens is 1. The van der Waals surface area contributed by atoms with E-state index in [4.69, 9.17) is 0 Å². The van der Waals surface area contributed by atoms with E-state index in [0.29, 0.717) is 0 Å². The first-order chi connectivity index (χ1) is 6.72. The third-order valence-corrected chi connectivity index (χ3v) is 2.72. The van der Waals surface area contributed by atoms with Crippen molar-refractivity contribution in [3.05, 3.63) is 28.7 Å². The number of methoxy groups -OCH3 is 1. The zero-order valence-electron chi connectivity index (χ0n) is 7.74. The molecule has 0 amide bonds. The second-order valence-corrected chi connectivity index (χ2v) is 4.09. The van der Waals surface area contributed by atoms with Crippen molar-refractivity contribution in [2.24, 2.45) is 0 Å². The number of rotatable bonds is 2. The molecule has 1 unspecified atom stereocenters. The van der Waals surface area contributed by atoms with Gasteiger partial charge in [0, 0.05) is 10.2 Å². The second kappa shape index (κ2) is 3.61. The number of anilines is 1. The largest absolute Gasteiger partial charge is 0.467 e. The molecule has 0 aromatic heterocycles. The number of carbonyl (C=O) groups is 1. The van der Waals surface area contributed by atoms with E-state index in [-0.39, 0.29) is 12.0 Å². The van der Waals surface area contributed by atoms with Crippen LogP contribution in [0.1, 0.15) is 0 Å². The van der Waals surface area contributed by atoms with E-state index in [1.54, 1.807) is 0 Å².